The highest BCUT2D eigenvalue weighted by molar-refractivity contribution is 7.08. The summed E-state index contributed by atoms with van der Waals surface area (Å²) in [4.78, 5) is 23.6. The van der Waals surface area contributed by atoms with Crippen molar-refractivity contribution in [2.75, 3.05) is 6.54 Å². The largest absolute Gasteiger partial charge is 0.388 e. The number of rotatable bonds is 7. The Hall–Kier alpha value is -2.18. The van der Waals surface area contributed by atoms with Gasteiger partial charge < -0.3 is 15.7 Å². The molecule has 2 aromatic rings. The van der Waals surface area contributed by atoms with Crippen molar-refractivity contribution >= 4 is 23.2 Å². The van der Waals surface area contributed by atoms with E-state index in [1.807, 2.05) is 42.6 Å². The fourth-order valence-corrected chi connectivity index (χ4v) is 2.82. The van der Waals surface area contributed by atoms with Gasteiger partial charge in [-0.15, -0.1) is 0 Å². The van der Waals surface area contributed by atoms with E-state index in [9.17, 15) is 14.7 Å². The summed E-state index contributed by atoms with van der Waals surface area (Å²) in [5, 5.41) is 19.0. The third-order valence-electron chi connectivity index (χ3n) is 3.36. The van der Waals surface area contributed by atoms with Gasteiger partial charge in [0, 0.05) is 17.0 Å². The topological polar surface area (TPSA) is 78.4 Å². The molecule has 2 rings (SSSR count). The molecular formula is C17H20N2O3S. The van der Waals surface area contributed by atoms with E-state index >= 15 is 0 Å². The summed E-state index contributed by atoms with van der Waals surface area (Å²) in [6, 6.07) is 10.8. The van der Waals surface area contributed by atoms with Crippen LogP contribution in [0.4, 0.5) is 0 Å². The molecule has 0 spiro atoms. The molecule has 0 saturated carbocycles. The number of amides is 2. The van der Waals surface area contributed by atoms with Crippen LogP contribution in [0.5, 0.6) is 0 Å². The standard InChI is InChI=1S/C17H20N2O3S/c1-12(9-15(20)13-5-3-2-4-6-13)19-16(21)10-18-17(22)14-7-8-23-11-14/h2-8,11-12,15,20H,9-10H2,1H3,(H,18,22)(H,19,21). The second kappa shape index (κ2) is 8.45. The predicted molar refractivity (Wildman–Crippen MR) is 90.3 cm³/mol. The maximum atomic E-state index is 11.8. The van der Waals surface area contributed by atoms with Gasteiger partial charge >= 0.3 is 0 Å². The average Bonchev–Trinajstić information content (AvgIpc) is 3.07. The minimum atomic E-state index is -0.633. The van der Waals surface area contributed by atoms with Crippen LogP contribution in [0.2, 0.25) is 0 Å². The third-order valence-corrected chi connectivity index (χ3v) is 4.04. The Balaban J connectivity index is 1.73. The predicted octanol–water partition coefficient (Wildman–Crippen LogP) is 2.11. The average molecular weight is 332 g/mol. The van der Waals surface area contributed by atoms with Gasteiger partial charge in [-0.05, 0) is 30.4 Å². The van der Waals surface area contributed by atoms with E-state index in [1.165, 1.54) is 11.3 Å². The van der Waals surface area contributed by atoms with Crippen LogP contribution in [0, 0.1) is 0 Å². The van der Waals surface area contributed by atoms with Crippen molar-refractivity contribution in [2.45, 2.75) is 25.5 Å². The van der Waals surface area contributed by atoms with E-state index in [2.05, 4.69) is 10.6 Å². The van der Waals surface area contributed by atoms with Crippen molar-refractivity contribution in [1.82, 2.24) is 10.6 Å². The first-order chi connectivity index (χ1) is 11.1. The van der Waals surface area contributed by atoms with Crippen LogP contribution in [0.25, 0.3) is 0 Å². The summed E-state index contributed by atoms with van der Waals surface area (Å²) in [5.74, 6) is -0.542. The number of hydrogen-bond donors (Lipinski definition) is 3. The molecule has 0 aliphatic heterocycles. The van der Waals surface area contributed by atoms with Crippen LogP contribution in [0.1, 0.15) is 35.4 Å². The van der Waals surface area contributed by atoms with Gasteiger partial charge in [-0.2, -0.15) is 11.3 Å². The molecule has 2 atom stereocenters. The zero-order valence-corrected chi connectivity index (χ0v) is 13.7. The van der Waals surface area contributed by atoms with Gasteiger partial charge in [-0.25, -0.2) is 0 Å². The highest BCUT2D eigenvalue weighted by Gasteiger charge is 2.15. The second-order valence-corrected chi connectivity index (χ2v) is 6.11. The summed E-state index contributed by atoms with van der Waals surface area (Å²) in [7, 11) is 0. The number of hydrogen-bond acceptors (Lipinski definition) is 4. The molecule has 1 aromatic heterocycles. The van der Waals surface area contributed by atoms with Gasteiger partial charge in [0.25, 0.3) is 5.91 Å². The number of carbonyl (C=O) groups is 2. The molecule has 6 heteroatoms. The molecule has 2 amide bonds. The Labute approximate surface area is 139 Å². The Kier molecular flexibility index (Phi) is 6.31. The molecule has 0 aliphatic carbocycles. The molecule has 2 unspecified atom stereocenters. The van der Waals surface area contributed by atoms with E-state index in [-0.39, 0.29) is 24.4 Å². The lowest BCUT2D eigenvalue weighted by Gasteiger charge is -2.18. The fourth-order valence-electron chi connectivity index (χ4n) is 2.19. The SMILES string of the molecule is CC(CC(O)c1ccccc1)NC(=O)CNC(=O)c1ccsc1. The molecule has 0 fully saturated rings. The third kappa shape index (κ3) is 5.50. The molecular weight excluding hydrogens is 312 g/mol. The zero-order valence-electron chi connectivity index (χ0n) is 12.9. The Morgan fingerprint density at radius 3 is 2.61 bits per heavy atom. The minimum absolute atomic E-state index is 0.0829. The molecule has 1 heterocycles. The first-order valence-corrected chi connectivity index (χ1v) is 8.33. The maximum absolute atomic E-state index is 11.8. The van der Waals surface area contributed by atoms with Crippen LogP contribution in [-0.4, -0.2) is 29.5 Å². The zero-order chi connectivity index (χ0) is 16.7. The van der Waals surface area contributed by atoms with Crippen molar-refractivity contribution in [1.29, 1.82) is 0 Å². The van der Waals surface area contributed by atoms with Crippen molar-refractivity contribution < 1.29 is 14.7 Å². The first-order valence-electron chi connectivity index (χ1n) is 7.39. The van der Waals surface area contributed by atoms with Crippen LogP contribution >= 0.6 is 11.3 Å². The summed E-state index contributed by atoms with van der Waals surface area (Å²) >= 11 is 1.43. The fraction of sp³-hybridized carbons (Fsp3) is 0.294. The van der Waals surface area contributed by atoms with Crippen molar-refractivity contribution in [3.63, 3.8) is 0 Å². The van der Waals surface area contributed by atoms with Gasteiger partial charge in [0.1, 0.15) is 0 Å². The van der Waals surface area contributed by atoms with Crippen molar-refractivity contribution in [3.8, 4) is 0 Å². The lowest BCUT2D eigenvalue weighted by Crippen LogP contribution is -2.41. The molecule has 0 aliphatic rings. The Bertz CT molecular complexity index is 629. The van der Waals surface area contributed by atoms with E-state index < -0.39 is 6.10 Å². The van der Waals surface area contributed by atoms with Gasteiger partial charge in [-0.3, -0.25) is 9.59 Å². The second-order valence-electron chi connectivity index (χ2n) is 5.33. The van der Waals surface area contributed by atoms with E-state index in [4.69, 9.17) is 0 Å². The quantitative estimate of drug-likeness (QED) is 0.726. The van der Waals surface area contributed by atoms with Gasteiger partial charge in [0.05, 0.1) is 12.6 Å². The summed E-state index contributed by atoms with van der Waals surface area (Å²) < 4.78 is 0. The molecule has 23 heavy (non-hydrogen) atoms. The highest BCUT2D eigenvalue weighted by Crippen LogP contribution is 2.17. The number of aliphatic hydroxyl groups is 1. The Morgan fingerprint density at radius 2 is 1.96 bits per heavy atom. The Morgan fingerprint density at radius 1 is 1.22 bits per heavy atom. The monoisotopic (exact) mass is 332 g/mol. The summed E-state index contributed by atoms with van der Waals surface area (Å²) in [6.07, 6.45) is -0.222. The molecule has 3 N–H and O–H groups in total. The normalized spacial score (nSPS) is 13.1. The van der Waals surface area contributed by atoms with E-state index in [1.54, 1.807) is 11.4 Å². The number of aliphatic hydroxyl groups excluding tert-OH is 1. The van der Waals surface area contributed by atoms with Crippen LogP contribution in [0.15, 0.2) is 47.2 Å². The smallest absolute Gasteiger partial charge is 0.252 e. The van der Waals surface area contributed by atoms with Crippen molar-refractivity contribution in [3.05, 3.63) is 58.3 Å². The summed E-state index contributed by atoms with van der Waals surface area (Å²) in [6.45, 7) is 1.74. The molecule has 0 bridgehead atoms. The summed E-state index contributed by atoms with van der Waals surface area (Å²) in [5.41, 5.74) is 1.37. The van der Waals surface area contributed by atoms with Gasteiger partial charge in [0.15, 0.2) is 0 Å². The first kappa shape index (κ1) is 17.2. The van der Waals surface area contributed by atoms with E-state index in [0.29, 0.717) is 12.0 Å². The molecule has 1 aromatic carbocycles. The van der Waals surface area contributed by atoms with Crippen LogP contribution in [0.3, 0.4) is 0 Å². The number of carbonyl (C=O) groups excluding carboxylic acids is 2. The lowest BCUT2D eigenvalue weighted by atomic mass is 10.0. The molecule has 0 radical (unpaired) electrons. The minimum Gasteiger partial charge on any atom is -0.388 e. The van der Waals surface area contributed by atoms with Crippen LogP contribution < -0.4 is 10.6 Å². The van der Waals surface area contributed by atoms with Crippen molar-refractivity contribution in [2.24, 2.45) is 0 Å². The van der Waals surface area contributed by atoms with Gasteiger partial charge in [-0.1, -0.05) is 30.3 Å². The number of nitrogens with one attached hydrogen (secondary N) is 2. The molecule has 122 valence electrons. The molecule has 5 nitrogen and oxygen atoms in total. The van der Waals surface area contributed by atoms with E-state index in [0.717, 1.165) is 5.56 Å². The highest BCUT2D eigenvalue weighted by atomic mass is 32.1. The maximum Gasteiger partial charge on any atom is 0.252 e. The van der Waals surface area contributed by atoms with Crippen LogP contribution in [-0.2, 0) is 4.79 Å². The van der Waals surface area contributed by atoms with Gasteiger partial charge in [0.2, 0.25) is 5.91 Å². The molecule has 0 saturated heterocycles. The number of benzene rings is 1. The number of thiophene rings is 1. The lowest BCUT2D eigenvalue weighted by molar-refractivity contribution is -0.120.